The van der Waals surface area contributed by atoms with Crippen molar-refractivity contribution in [1.82, 2.24) is 5.32 Å². The fourth-order valence-electron chi connectivity index (χ4n) is 4.25. The Morgan fingerprint density at radius 3 is 2.59 bits per heavy atom. The lowest BCUT2D eigenvalue weighted by Crippen LogP contribution is -3.28. The molecule has 29 heavy (non-hydrogen) atoms. The number of piperazine rings is 1. The van der Waals surface area contributed by atoms with E-state index in [2.05, 4.69) is 23.5 Å². The average molecular weight is 406 g/mol. The van der Waals surface area contributed by atoms with Crippen molar-refractivity contribution in [3.05, 3.63) is 29.3 Å². The number of esters is 1. The van der Waals surface area contributed by atoms with Crippen LogP contribution in [0.3, 0.4) is 0 Å². The van der Waals surface area contributed by atoms with Crippen LogP contribution in [0.2, 0.25) is 0 Å². The summed E-state index contributed by atoms with van der Waals surface area (Å²) in [7, 11) is 1.36. The Bertz CT molecular complexity index is 714. The van der Waals surface area contributed by atoms with Crippen LogP contribution in [0.1, 0.15) is 31.4 Å². The highest BCUT2D eigenvalue weighted by atomic mass is 16.5. The van der Waals surface area contributed by atoms with Gasteiger partial charge in [0.1, 0.15) is 44.5 Å². The second kappa shape index (κ2) is 10.1. The van der Waals surface area contributed by atoms with E-state index in [9.17, 15) is 9.59 Å². The van der Waals surface area contributed by atoms with Gasteiger partial charge in [-0.2, -0.15) is 0 Å². The van der Waals surface area contributed by atoms with E-state index >= 15 is 0 Å². The Morgan fingerprint density at radius 2 is 1.90 bits per heavy atom. The highest BCUT2D eigenvalue weighted by Gasteiger charge is 2.28. The van der Waals surface area contributed by atoms with Crippen LogP contribution < -0.4 is 19.9 Å². The Balaban J connectivity index is 1.43. The molecule has 160 valence electrons. The van der Waals surface area contributed by atoms with E-state index in [0.29, 0.717) is 18.9 Å². The predicted octanol–water partition coefficient (Wildman–Crippen LogP) is -1.39. The van der Waals surface area contributed by atoms with Crippen molar-refractivity contribution in [2.45, 2.75) is 39.3 Å². The molecule has 2 aliphatic rings. The molecule has 1 saturated heterocycles. The molecule has 7 heteroatoms. The van der Waals surface area contributed by atoms with Crippen molar-refractivity contribution in [2.75, 3.05) is 46.4 Å². The third-order valence-corrected chi connectivity index (χ3v) is 5.81. The molecule has 7 nitrogen and oxygen atoms in total. The van der Waals surface area contributed by atoms with Crippen LogP contribution in [0.4, 0.5) is 0 Å². The zero-order chi connectivity index (χ0) is 20.8. The molecule has 1 aromatic carbocycles. The lowest BCUT2D eigenvalue weighted by Gasteiger charge is -2.29. The number of carbonyl (C=O) groups is 2. The second-order valence-corrected chi connectivity index (χ2v) is 8.67. The Morgan fingerprint density at radius 1 is 1.17 bits per heavy atom. The van der Waals surface area contributed by atoms with Crippen LogP contribution in [-0.2, 0) is 27.3 Å². The average Bonchev–Trinajstić information content (AvgIpc) is 3.16. The smallest absolute Gasteiger partial charge is 0.328 e. The van der Waals surface area contributed by atoms with E-state index in [1.165, 1.54) is 23.1 Å². The molecule has 1 atom stereocenters. The Kier molecular flexibility index (Phi) is 7.50. The summed E-state index contributed by atoms with van der Waals surface area (Å²) in [6.45, 7) is 10.3. The first-order valence-corrected chi connectivity index (χ1v) is 10.7. The van der Waals surface area contributed by atoms with Gasteiger partial charge in [-0.05, 0) is 36.1 Å². The van der Waals surface area contributed by atoms with E-state index in [0.717, 1.165) is 51.5 Å². The number of rotatable bonds is 8. The predicted molar refractivity (Wildman–Crippen MR) is 109 cm³/mol. The first-order valence-electron chi connectivity index (χ1n) is 10.7. The van der Waals surface area contributed by atoms with Crippen molar-refractivity contribution in [3.8, 4) is 5.75 Å². The number of hydrogen-bond donors (Lipinski definition) is 3. The van der Waals surface area contributed by atoms with Crippen LogP contribution in [-0.4, -0.2) is 64.4 Å². The van der Waals surface area contributed by atoms with Gasteiger partial charge in [-0.1, -0.05) is 13.8 Å². The first kappa shape index (κ1) is 21.6. The van der Waals surface area contributed by atoms with Crippen molar-refractivity contribution >= 4 is 11.9 Å². The summed E-state index contributed by atoms with van der Waals surface area (Å²) in [5.41, 5.74) is 2.68. The summed E-state index contributed by atoms with van der Waals surface area (Å²) in [5, 5.41) is 2.87. The maximum Gasteiger partial charge on any atom is 0.328 e. The number of ether oxygens (including phenoxy) is 2. The first-order chi connectivity index (χ1) is 13.9. The molecule has 0 bridgehead atoms. The summed E-state index contributed by atoms with van der Waals surface area (Å²) >= 11 is 0. The van der Waals surface area contributed by atoms with Crippen molar-refractivity contribution in [3.63, 3.8) is 0 Å². The van der Waals surface area contributed by atoms with Gasteiger partial charge in [0.05, 0.1) is 13.7 Å². The highest BCUT2D eigenvalue weighted by Crippen LogP contribution is 2.25. The maximum absolute atomic E-state index is 12.4. The quantitative estimate of drug-likeness (QED) is 0.466. The molecule has 1 aromatic rings. The third-order valence-electron chi connectivity index (χ3n) is 5.81. The molecule has 0 aliphatic carbocycles. The summed E-state index contributed by atoms with van der Waals surface area (Å²) in [4.78, 5) is 27.2. The normalized spacial score (nSPS) is 21.9. The largest absolute Gasteiger partial charge is 0.493 e. The molecule has 0 aromatic heterocycles. The van der Waals surface area contributed by atoms with E-state index in [4.69, 9.17) is 9.47 Å². The van der Waals surface area contributed by atoms with Gasteiger partial charge in [0.15, 0.2) is 6.54 Å². The van der Waals surface area contributed by atoms with Crippen LogP contribution in [0.25, 0.3) is 0 Å². The fraction of sp³-hybridized carbons (Fsp3) is 0.636. The fourth-order valence-corrected chi connectivity index (χ4v) is 4.25. The zero-order valence-corrected chi connectivity index (χ0v) is 17.9. The molecule has 2 aliphatic heterocycles. The zero-order valence-electron chi connectivity index (χ0n) is 17.9. The monoisotopic (exact) mass is 405 g/mol. The number of carbonyl (C=O) groups excluding carboxylic acids is 2. The summed E-state index contributed by atoms with van der Waals surface area (Å²) in [5.74, 6) is 0.908. The van der Waals surface area contributed by atoms with Crippen LogP contribution >= 0.6 is 0 Å². The van der Waals surface area contributed by atoms with Crippen molar-refractivity contribution in [1.29, 1.82) is 0 Å². The van der Waals surface area contributed by atoms with Gasteiger partial charge in [-0.15, -0.1) is 0 Å². The molecule has 3 rings (SSSR count). The number of benzene rings is 1. The minimum Gasteiger partial charge on any atom is -0.493 e. The molecule has 0 radical (unpaired) electrons. The highest BCUT2D eigenvalue weighted by molar-refractivity contribution is 5.84. The van der Waals surface area contributed by atoms with Gasteiger partial charge in [-0.3, -0.25) is 4.79 Å². The summed E-state index contributed by atoms with van der Waals surface area (Å²) in [6.07, 6.45) is 1.60. The number of nitrogens with one attached hydrogen (secondary N) is 3. The lowest BCUT2D eigenvalue weighted by molar-refractivity contribution is -1.02. The molecule has 0 spiro atoms. The molecule has 0 unspecified atom stereocenters. The topological polar surface area (TPSA) is 73.5 Å². The number of quaternary nitrogens is 2. The minimum absolute atomic E-state index is 0.0712. The van der Waals surface area contributed by atoms with Gasteiger partial charge in [-0.25, -0.2) is 4.79 Å². The molecule has 1 fully saturated rings. The van der Waals surface area contributed by atoms with E-state index < -0.39 is 6.04 Å². The second-order valence-electron chi connectivity index (χ2n) is 8.67. The summed E-state index contributed by atoms with van der Waals surface area (Å²) < 4.78 is 10.4. The maximum atomic E-state index is 12.4. The Labute approximate surface area is 173 Å². The number of fused-ring (bicyclic) bond motifs is 1. The standard InChI is InChI=1S/C22H33N3O4/c1-16(2)12-19(22(27)28-3)23-21(26)15-25-9-7-24(8-10-25)14-17-4-5-20-18(13-17)6-11-29-20/h4-5,13,16,19H,6-12,14-15H2,1-3H3,(H,23,26)/p+2/t19-/m1/s1. The van der Waals surface area contributed by atoms with Gasteiger partial charge >= 0.3 is 5.97 Å². The lowest BCUT2D eigenvalue weighted by atomic mass is 10.0. The molecule has 3 N–H and O–H groups in total. The number of amides is 1. The van der Waals surface area contributed by atoms with Crippen molar-refractivity contribution in [2.24, 2.45) is 5.92 Å². The molecule has 2 heterocycles. The van der Waals surface area contributed by atoms with E-state index in [1.54, 1.807) is 4.90 Å². The van der Waals surface area contributed by atoms with Crippen LogP contribution in [0, 0.1) is 5.92 Å². The van der Waals surface area contributed by atoms with Gasteiger partial charge in [0.25, 0.3) is 5.91 Å². The van der Waals surface area contributed by atoms with Gasteiger partial charge in [0, 0.05) is 12.0 Å². The van der Waals surface area contributed by atoms with E-state index in [-0.39, 0.29) is 11.9 Å². The van der Waals surface area contributed by atoms with E-state index in [1.807, 2.05) is 13.8 Å². The summed E-state index contributed by atoms with van der Waals surface area (Å²) in [6, 6.07) is 6.00. The minimum atomic E-state index is -0.553. The van der Waals surface area contributed by atoms with Crippen molar-refractivity contribution < 1.29 is 28.9 Å². The molecule has 0 saturated carbocycles. The van der Waals surface area contributed by atoms with Crippen LogP contribution in [0.5, 0.6) is 5.75 Å². The molecular formula is C22H35N3O4+2. The number of methoxy groups -OCH3 is 1. The number of hydrogen-bond acceptors (Lipinski definition) is 4. The Hall–Kier alpha value is -2.12. The SMILES string of the molecule is COC(=O)[C@@H](CC(C)C)NC(=O)C[NH+]1CC[NH+](Cc2ccc3c(c2)CCO3)CC1. The van der Waals surface area contributed by atoms with Gasteiger partial charge in [0.2, 0.25) is 0 Å². The van der Waals surface area contributed by atoms with Crippen LogP contribution in [0.15, 0.2) is 18.2 Å². The third kappa shape index (κ3) is 6.18. The molecule has 1 amide bonds. The molecular weight excluding hydrogens is 370 g/mol. The van der Waals surface area contributed by atoms with Gasteiger partial charge < -0.3 is 24.6 Å².